The van der Waals surface area contributed by atoms with Gasteiger partial charge in [-0.25, -0.2) is 0 Å². The second-order valence-corrected chi connectivity index (χ2v) is 6.80. The second kappa shape index (κ2) is 8.24. The number of halogens is 1. The second-order valence-electron chi connectivity index (χ2n) is 4.89. The van der Waals surface area contributed by atoms with Crippen LogP contribution in [0.25, 0.3) is 0 Å². The van der Waals surface area contributed by atoms with E-state index in [0.29, 0.717) is 36.7 Å². The first-order chi connectivity index (χ1) is 11.0. The van der Waals surface area contributed by atoms with Gasteiger partial charge in [-0.15, -0.1) is 11.3 Å². The van der Waals surface area contributed by atoms with Crippen LogP contribution < -0.4 is 0 Å². The minimum atomic E-state index is -0.114. The Morgan fingerprint density at radius 3 is 3.00 bits per heavy atom. The van der Waals surface area contributed by atoms with E-state index in [9.17, 15) is 4.79 Å². The van der Waals surface area contributed by atoms with Crippen molar-refractivity contribution in [2.24, 2.45) is 0 Å². The fourth-order valence-corrected chi connectivity index (χ4v) is 3.52. The lowest BCUT2D eigenvalue weighted by Gasteiger charge is -2.21. The van der Waals surface area contributed by atoms with Crippen LogP contribution in [0.3, 0.4) is 0 Å². The molecule has 1 amide bonds. The molecule has 23 heavy (non-hydrogen) atoms. The number of rotatable bonds is 7. The highest BCUT2D eigenvalue weighted by atomic mass is 79.9. The largest absolute Gasteiger partial charge is 0.383 e. The highest BCUT2D eigenvalue weighted by Gasteiger charge is 2.20. The van der Waals surface area contributed by atoms with Gasteiger partial charge in [0, 0.05) is 28.4 Å². The van der Waals surface area contributed by atoms with E-state index in [1.54, 1.807) is 30.3 Å². The summed E-state index contributed by atoms with van der Waals surface area (Å²) in [5.74, 6) is 0.317. The minimum Gasteiger partial charge on any atom is -0.383 e. The Morgan fingerprint density at radius 2 is 2.39 bits per heavy atom. The molecule has 0 bridgehead atoms. The van der Waals surface area contributed by atoms with Crippen molar-refractivity contribution in [3.05, 3.63) is 37.8 Å². The lowest BCUT2D eigenvalue weighted by molar-refractivity contribution is -0.131. The number of methoxy groups -OCH3 is 1. The molecule has 0 radical (unpaired) electrons. The molecule has 0 unspecified atom stereocenters. The van der Waals surface area contributed by atoms with Gasteiger partial charge < -0.3 is 14.2 Å². The molecule has 2 heterocycles. The van der Waals surface area contributed by atoms with Gasteiger partial charge in [-0.05, 0) is 28.9 Å². The Morgan fingerprint density at radius 1 is 1.61 bits per heavy atom. The van der Waals surface area contributed by atoms with Gasteiger partial charge in [-0.1, -0.05) is 5.16 Å². The summed E-state index contributed by atoms with van der Waals surface area (Å²) in [4.78, 5) is 15.3. The van der Waals surface area contributed by atoms with Gasteiger partial charge in [0.15, 0.2) is 5.76 Å². The van der Waals surface area contributed by atoms with Crippen molar-refractivity contribution in [3.63, 3.8) is 0 Å². The van der Waals surface area contributed by atoms with E-state index in [-0.39, 0.29) is 12.3 Å². The Kier molecular flexibility index (Phi) is 6.33. The van der Waals surface area contributed by atoms with Gasteiger partial charge in [-0.2, -0.15) is 5.26 Å². The molecule has 2 aromatic heterocycles. The summed E-state index contributed by atoms with van der Waals surface area (Å²) in [5.41, 5.74) is 0.716. The fraction of sp³-hybridized carbons (Fsp3) is 0.400. The topological polar surface area (TPSA) is 79.4 Å². The number of thiophene rings is 1. The summed E-state index contributed by atoms with van der Waals surface area (Å²) >= 11 is 4.99. The highest BCUT2D eigenvalue weighted by Crippen LogP contribution is 2.22. The van der Waals surface area contributed by atoms with Gasteiger partial charge in [0.25, 0.3) is 0 Å². The van der Waals surface area contributed by atoms with E-state index >= 15 is 0 Å². The van der Waals surface area contributed by atoms with E-state index in [1.807, 2.05) is 17.5 Å². The van der Waals surface area contributed by atoms with E-state index in [1.165, 1.54) is 0 Å². The summed E-state index contributed by atoms with van der Waals surface area (Å²) in [6.45, 7) is 3.08. The maximum Gasteiger partial charge on any atom is 0.229 e. The first kappa shape index (κ1) is 17.7. The quantitative estimate of drug-likeness (QED) is 0.717. The van der Waals surface area contributed by atoms with Crippen LogP contribution >= 0.6 is 27.3 Å². The summed E-state index contributed by atoms with van der Waals surface area (Å²) in [7, 11) is 1.60. The van der Waals surface area contributed by atoms with Gasteiger partial charge >= 0.3 is 0 Å². The summed E-state index contributed by atoms with van der Waals surface area (Å²) < 4.78 is 11.1. The van der Waals surface area contributed by atoms with E-state index in [4.69, 9.17) is 14.5 Å². The van der Waals surface area contributed by atoms with Crippen molar-refractivity contribution in [1.82, 2.24) is 10.1 Å². The van der Waals surface area contributed by atoms with Crippen molar-refractivity contribution >= 4 is 33.2 Å². The summed E-state index contributed by atoms with van der Waals surface area (Å²) in [6, 6.07) is 4.01. The molecule has 6 nitrogen and oxygen atoms in total. The lowest BCUT2D eigenvalue weighted by Crippen LogP contribution is -2.34. The molecule has 0 aliphatic carbocycles. The molecule has 2 rings (SSSR count). The monoisotopic (exact) mass is 397 g/mol. The van der Waals surface area contributed by atoms with Crippen LogP contribution in [-0.4, -0.2) is 36.2 Å². The fourth-order valence-electron chi connectivity index (χ4n) is 2.06. The maximum atomic E-state index is 12.6. The van der Waals surface area contributed by atoms with Crippen LogP contribution in [0, 0.1) is 18.3 Å². The zero-order valence-corrected chi connectivity index (χ0v) is 15.2. The van der Waals surface area contributed by atoms with Crippen LogP contribution in [-0.2, 0) is 22.5 Å². The molecule has 0 aromatic carbocycles. The SMILES string of the molecule is COCCN(Cc1cc(Br)cs1)C(=O)Cc1noc(C)c1C#N. The normalized spacial score (nSPS) is 10.5. The molecule has 0 atom stereocenters. The molecule has 0 aliphatic heterocycles. The van der Waals surface area contributed by atoms with E-state index < -0.39 is 0 Å². The number of hydrogen-bond donors (Lipinski definition) is 0. The Labute approximate surface area is 146 Å². The zero-order chi connectivity index (χ0) is 16.8. The molecule has 0 aliphatic rings. The van der Waals surface area contributed by atoms with Crippen LogP contribution in [0.1, 0.15) is 21.9 Å². The number of nitrogens with zero attached hydrogens (tertiary/aromatic N) is 3. The number of carbonyl (C=O) groups excluding carboxylic acids is 1. The number of aryl methyl sites for hydroxylation is 1. The van der Waals surface area contributed by atoms with Gasteiger partial charge in [-0.3, -0.25) is 4.79 Å². The molecular weight excluding hydrogens is 382 g/mol. The Bertz CT molecular complexity index is 720. The molecule has 122 valence electrons. The van der Waals surface area contributed by atoms with Gasteiger partial charge in [0.2, 0.25) is 5.91 Å². The number of aromatic nitrogens is 1. The Balaban J connectivity index is 2.11. The van der Waals surface area contributed by atoms with Crippen molar-refractivity contribution in [1.29, 1.82) is 5.26 Å². The molecule has 0 saturated carbocycles. The molecule has 0 N–H and O–H groups in total. The number of carbonyl (C=O) groups is 1. The van der Waals surface area contributed by atoms with Crippen molar-refractivity contribution in [3.8, 4) is 6.07 Å². The molecule has 8 heteroatoms. The smallest absolute Gasteiger partial charge is 0.229 e. The molecule has 0 fully saturated rings. The predicted octanol–water partition coefficient (Wildman–Crippen LogP) is 2.90. The summed E-state index contributed by atoms with van der Waals surface area (Å²) in [5, 5.41) is 14.9. The molecule has 2 aromatic rings. The Hall–Kier alpha value is -1.69. The van der Waals surface area contributed by atoms with Crippen LogP contribution in [0.5, 0.6) is 0 Å². The zero-order valence-electron chi connectivity index (χ0n) is 12.8. The van der Waals surface area contributed by atoms with Gasteiger partial charge in [0.1, 0.15) is 17.3 Å². The third-order valence-corrected chi connectivity index (χ3v) is 4.93. The first-order valence-electron chi connectivity index (χ1n) is 6.90. The van der Waals surface area contributed by atoms with Crippen LogP contribution in [0.4, 0.5) is 0 Å². The highest BCUT2D eigenvalue weighted by molar-refractivity contribution is 9.10. The number of amides is 1. The molecular formula is C15H16BrN3O3S. The number of nitriles is 1. The molecule has 0 spiro atoms. The average molecular weight is 398 g/mol. The van der Waals surface area contributed by atoms with E-state index in [0.717, 1.165) is 9.35 Å². The standard InChI is InChI=1S/C15H16BrN3O3S/c1-10-13(7-17)14(18-22-10)6-15(20)19(3-4-21-2)8-12-5-11(16)9-23-12/h5,9H,3-4,6,8H2,1-2H3. The van der Waals surface area contributed by atoms with E-state index in [2.05, 4.69) is 21.1 Å². The minimum absolute atomic E-state index is 0.0382. The molecule has 0 saturated heterocycles. The lowest BCUT2D eigenvalue weighted by atomic mass is 10.1. The van der Waals surface area contributed by atoms with Crippen LogP contribution in [0.2, 0.25) is 0 Å². The van der Waals surface area contributed by atoms with Crippen LogP contribution in [0.15, 0.2) is 20.4 Å². The predicted molar refractivity (Wildman–Crippen MR) is 89.0 cm³/mol. The number of ether oxygens (including phenoxy) is 1. The maximum absolute atomic E-state index is 12.6. The van der Waals surface area contributed by atoms with Gasteiger partial charge in [0.05, 0.1) is 19.6 Å². The van der Waals surface area contributed by atoms with Crippen molar-refractivity contribution in [2.45, 2.75) is 19.9 Å². The third-order valence-electron chi connectivity index (χ3n) is 3.25. The van der Waals surface area contributed by atoms with Crippen molar-refractivity contribution < 1.29 is 14.1 Å². The third kappa shape index (κ3) is 4.64. The summed E-state index contributed by atoms with van der Waals surface area (Å²) in [6.07, 6.45) is 0.0382. The van der Waals surface area contributed by atoms with Crippen molar-refractivity contribution in [2.75, 3.05) is 20.3 Å². The first-order valence-corrected chi connectivity index (χ1v) is 8.57. The average Bonchev–Trinajstić information content (AvgIpc) is 3.09. The number of hydrogen-bond acceptors (Lipinski definition) is 6.